The molecule has 0 unspecified atom stereocenters. The van der Waals surface area contributed by atoms with E-state index in [2.05, 4.69) is 43.4 Å². The molecule has 1 aromatic heterocycles. The maximum absolute atomic E-state index is 12.5. The van der Waals surface area contributed by atoms with E-state index in [1.54, 1.807) is 16.2 Å². The molecule has 0 bridgehead atoms. The molecule has 2 amide bonds. The van der Waals surface area contributed by atoms with E-state index in [1.807, 2.05) is 17.5 Å². The SMILES string of the molecule is CC(C)Cc1ccc([C@H](NC(=O)CCN2CCOC2=O)c2cccs2)cc1. The van der Waals surface area contributed by atoms with Crippen molar-refractivity contribution in [1.82, 2.24) is 10.2 Å². The van der Waals surface area contributed by atoms with Crippen molar-refractivity contribution in [3.8, 4) is 0 Å². The van der Waals surface area contributed by atoms with Gasteiger partial charge in [0, 0.05) is 17.8 Å². The van der Waals surface area contributed by atoms with Crippen molar-refractivity contribution in [2.24, 2.45) is 5.92 Å². The zero-order valence-corrected chi connectivity index (χ0v) is 16.6. The highest BCUT2D eigenvalue weighted by atomic mass is 32.1. The molecule has 1 aliphatic rings. The molecule has 0 aliphatic carbocycles. The van der Waals surface area contributed by atoms with Crippen molar-refractivity contribution in [1.29, 1.82) is 0 Å². The van der Waals surface area contributed by atoms with E-state index in [0.29, 0.717) is 25.6 Å². The van der Waals surface area contributed by atoms with E-state index >= 15 is 0 Å². The Morgan fingerprint density at radius 1 is 1.26 bits per heavy atom. The maximum Gasteiger partial charge on any atom is 0.409 e. The molecule has 144 valence electrons. The second-order valence-electron chi connectivity index (χ2n) is 7.21. The predicted molar refractivity (Wildman–Crippen MR) is 107 cm³/mol. The van der Waals surface area contributed by atoms with Gasteiger partial charge < -0.3 is 15.0 Å². The molecule has 1 atom stereocenters. The fourth-order valence-corrected chi connectivity index (χ4v) is 3.99. The lowest BCUT2D eigenvalue weighted by Gasteiger charge is -2.20. The summed E-state index contributed by atoms with van der Waals surface area (Å²) in [6, 6.07) is 12.3. The number of hydrogen-bond donors (Lipinski definition) is 1. The minimum Gasteiger partial charge on any atom is -0.448 e. The molecule has 3 rings (SSSR count). The van der Waals surface area contributed by atoms with Crippen LogP contribution in [-0.4, -0.2) is 36.6 Å². The van der Waals surface area contributed by atoms with Gasteiger partial charge in [0.15, 0.2) is 0 Å². The number of hydrogen-bond acceptors (Lipinski definition) is 4. The first-order valence-corrected chi connectivity index (χ1v) is 10.2. The minimum absolute atomic E-state index is 0.0700. The highest BCUT2D eigenvalue weighted by Crippen LogP contribution is 2.27. The number of carbonyl (C=O) groups is 2. The number of nitrogens with zero attached hydrogens (tertiary/aromatic N) is 1. The van der Waals surface area contributed by atoms with Gasteiger partial charge in [-0.05, 0) is 34.9 Å². The number of rotatable bonds is 8. The molecule has 1 N–H and O–H groups in total. The Labute approximate surface area is 164 Å². The van der Waals surface area contributed by atoms with Crippen molar-refractivity contribution in [3.63, 3.8) is 0 Å². The molecule has 0 radical (unpaired) electrons. The van der Waals surface area contributed by atoms with Crippen LogP contribution in [0.2, 0.25) is 0 Å². The molecule has 0 spiro atoms. The van der Waals surface area contributed by atoms with Crippen LogP contribution in [0.4, 0.5) is 4.79 Å². The van der Waals surface area contributed by atoms with Gasteiger partial charge in [-0.25, -0.2) is 4.79 Å². The van der Waals surface area contributed by atoms with Gasteiger partial charge in [0.05, 0.1) is 12.6 Å². The zero-order valence-electron chi connectivity index (χ0n) is 15.8. The van der Waals surface area contributed by atoms with Gasteiger partial charge >= 0.3 is 6.09 Å². The van der Waals surface area contributed by atoms with Gasteiger partial charge in [-0.2, -0.15) is 0 Å². The number of nitrogens with one attached hydrogen (secondary N) is 1. The number of ether oxygens (including phenoxy) is 1. The summed E-state index contributed by atoms with van der Waals surface area (Å²) in [7, 11) is 0. The van der Waals surface area contributed by atoms with E-state index in [1.165, 1.54) is 5.56 Å². The average molecular weight is 387 g/mol. The van der Waals surface area contributed by atoms with Gasteiger partial charge in [0.2, 0.25) is 5.91 Å². The van der Waals surface area contributed by atoms with E-state index < -0.39 is 0 Å². The van der Waals surface area contributed by atoms with Crippen molar-refractivity contribution >= 4 is 23.3 Å². The number of thiophene rings is 1. The van der Waals surface area contributed by atoms with Crippen LogP contribution in [-0.2, 0) is 16.0 Å². The third-order valence-corrected chi connectivity index (χ3v) is 5.48. The predicted octanol–water partition coefficient (Wildman–Crippen LogP) is 3.99. The summed E-state index contributed by atoms with van der Waals surface area (Å²) >= 11 is 1.63. The molecule has 1 aromatic carbocycles. The molecule has 6 heteroatoms. The second kappa shape index (κ2) is 9.04. The fraction of sp³-hybridized carbons (Fsp3) is 0.429. The maximum atomic E-state index is 12.5. The Kier molecular flexibility index (Phi) is 6.50. The number of benzene rings is 1. The van der Waals surface area contributed by atoms with E-state index in [-0.39, 0.29) is 24.5 Å². The zero-order chi connectivity index (χ0) is 19.2. The quantitative estimate of drug-likeness (QED) is 0.746. The molecule has 27 heavy (non-hydrogen) atoms. The van der Waals surface area contributed by atoms with Crippen molar-refractivity contribution < 1.29 is 14.3 Å². The van der Waals surface area contributed by atoms with Crippen LogP contribution in [0, 0.1) is 5.92 Å². The molecular formula is C21H26N2O3S. The lowest BCUT2D eigenvalue weighted by Crippen LogP contribution is -2.33. The van der Waals surface area contributed by atoms with E-state index in [9.17, 15) is 9.59 Å². The van der Waals surface area contributed by atoms with Crippen molar-refractivity contribution in [2.45, 2.75) is 32.7 Å². The Morgan fingerprint density at radius 3 is 2.63 bits per heavy atom. The van der Waals surface area contributed by atoms with Crippen molar-refractivity contribution in [2.75, 3.05) is 19.7 Å². The molecule has 0 saturated carbocycles. The van der Waals surface area contributed by atoms with E-state index in [4.69, 9.17) is 4.74 Å². The Bertz CT molecular complexity index is 756. The van der Waals surface area contributed by atoms with Crippen LogP contribution in [0.1, 0.15) is 42.3 Å². The average Bonchev–Trinajstić information content (AvgIpc) is 3.30. The summed E-state index contributed by atoms with van der Waals surface area (Å²) in [5, 5.41) is 5.14. The van der Waals surface area contributed by atoms with Gasteiger partial charge in [-0.15, -0.1) is 11.3 Å². The third-order valence-electron chi connectivity index (χ3n) is 4.54. The number of carbonyl (C=O) groups excluding carboxylic acids is 2. The number of cyclic esters (lactones) is 1. The first-order valence-electron chi connectivity index (χ1n) is 9.36. The molecular weight excluding hydrogens is 360 g/mol. The highest BCUT2D eigenvalue weighted by molar-refractivity contribution is 7.10. The van der Waals surface area contributed by atoms with Crippen LogP contribution >= 0.6 is 11.3 Å². The topological polar surface area (TPSA) is 58.6 Å². The van der Waals surface area contributed by atoms with E-state index in [0.717, 1.165) is 16.9 Å². The van der Waals surface area contributed by atoms with Gasteiger partial charge in [0.25, 0.3) is 0 Å². The molecule has 2 aromatic rings. The molecule has 1 saturated heterocycles. The summed E-state index contributed by atoms with van der Waals surface area (Å²) in [5.74, 6) is 0.542. The molecule has 1 aliphatic heterocycles. The van der Waals surface area contributed by atoms with Crippen molar-refractivity contribution in [3.05, 3.63) is 57.8 Å². The smallest absolute Gasteiger partial charge is 0.409 e. The van der Waals surface area contributed by atoms with Crippen LogP contribution in [0.15, 0.2) is 41.8 Å². The summed E-state index contributed by atoms with van der Waals surface area (Å²) in [4.78, 5) is 26.7. The Hall–Kier alpha value is -2.34. The van der Waals surface area contributed by atoms with Gasteiger partial charge in [0.1, 0.15) is 6.61 Å². The Balaban J connectivity index is 1.66. The van der Waals surface area contributed by atoms with Crippen LogP contribution in [0.5, 0.6) is 0 Å². The third kappa shape index (κ3) is 5.32. The molecule has 1 fully saturated rings. The summed E-state index contributed by atoms with van der Waals surface area (Å²) in [6.07, 6.45) is 0.975. The Morgan fingerprint density at radius 2 is 2.04 bits per heavy atom. The molecule has 2 heterocycles. The highest BCUT2D eigenvalue weighted by Gasteiger charge is 2.23. The van der Waals surface area contributed by atoms with Crippen LogP contribution in [0.25, 0.3) is 0 Å². The first-order chi connectivity index (χ1) is 13.0. The normalized spacial score (nSPS) is 15.1. The second-order valence-corrected chi connectivity index (χ2v) is 8.19. The molecule has 5 nitrogen and oxygen atoms in total. The summed E-state index contributed by atoms with van der Waals surface area (Å²) < 4.78 is 4.90. The van der Waals surface area contributed by atoms with Gasteiger partial charge in [-0.1, -0.05) is 44.2 Å². The summed E-state index contributed by atoms with van der Waals surface area (Å²) in [6.45, 7) is 5.76. The van der Waals surface area contributed by atoms with Gasteiger partial charge in [-0.3, -0.25) is 4.79 Å². The lowest BCUT2D eigenvalue weighted by atomic mass is 9.98. The number of amides is 2. The summed E-state index contributed by atoms with van der Waals surface area (Å²) in [5.41, 5.74) is 2.37. The fourth-order valence-electron chi connectivity index (χ4n) is 3.19. The minimum atomic E-state index is -0.335. The van der Waals surface area contributed by atoms with Crippen LogP contribution in [0.3, 0.4) is 0 Å². The lowest BCUT2D eigenvalue weighted by molar-refractivity contribution is -0.121. The first kappa shape index (κ1) is 19.4. The van der Waals surface area contributed by atoms with Crippen LogP contribution < -0.4 is 5.32 Å². The monoisotopic (exact) mass is 386 g/mol. The largest absolute Gasteiger partial charge is 0.448 e. The standard InChI is InChI=1S/C21H26N2O3S/c1-15(2)14-16-5-7-17(8-6-16)20(18-4-3-13-27-18)22-19(24)9-10-23-11-12-26-21(23)25/h3-8,13,15,20H,9-12,14H2,1-2H3,(H,22,24)/t20-/m0/s1.